The van der Waals surface area contributed by atoms with Crippen molar-refractivity contribution in [2.75, 3.05) is 0 Å². The molecule has 0 aromatic rings. The average Bonchev–Trinajstić information content (AvgIpc) is 2.29. The molecule has 0 aliphatic heterocycles. The molecule has 3 unspecified atom stereocenters. The van der Waals surface area contributed by atoms with Gasteiger partial charge in [-0.3, -0.25) is 0 Å². The summed E-state index contributed by atoms with van der Waals surface area (Å²) < 4.78 is 13.9. The summed E-state index contributed by atoms with van der Waals surface area (Å²) in [6.45, 7) is 4.52. The third kappa shape index (κ3) is 1.62. The van der Waals surface area contributed by atoms with Gasteiger partial charge in [-0.05, 0) is 49.4 Å². The smallest absolute Gasteiger partial charge is 0.105 e. The molecular weight excluding hydrogens is 163 g/mol. The van der Waals surface area contributed by atoms with Crippen molar-refractivity contribution >= 4 is 0 Å². The lowest BCUT2D eigenvalue weighted by Crippen LogP contribution is -2.28. The third-order valence-electron chi connectivity index (χ3n) is 4.59. The predicted octanol–water partition coefficient (Wildman–Crippen LogP) is 4.10. The van der Waals surface area contributed by atoms with Gasteiger partial charge >= 0.3 is 0 Å². The second kappa shape index (κ2) is 2.96. The molecule has 76 valence electrons. The van der Waals surface area contributed by atoms with E-state index in [4.69, 9.17) is 0 Å². The molecule has 3 atom stereocenters. The molecule has 2 aliphatic rings. The molecule has 2 rings (SSSR count). The lowest BCUT2D eigenvalue weighted by atomic mass is 9.76. The van der Waals surface area contributed by atoms with Gasteiger partial charge in [-0.1, -0.05) is 20.3 Å². The lowest BCUT2D eigenvalue weighted by Gasteiger charge is -2.32. The van der Waals surface area contributed by atoms with Crippen molar-refractivity contribution < 1.29 is 4.39 Å². The highest BCUT2D eigenvalue weighted by atomic mass is 19.1. The Balaban J connectivity index is 2.23. The standard InChI is InChI=1S/C12H21F/c1-11-5-3-6-12(2,9-8-11)10(13)4-7-11/h10H,3-9H2,1-2H3. The Morgan fingerprint density at radius 3 is 2.54 bits per heavy atom. The Labute approximate surface area is 80.9 Å². The monoisotopic (exact) mass is 184 g/mol. The Kier molecular flexibility index (Phi) is 2.16. The van der Waals surface area contributed by atoms with Crippen LogP contribution in [0.15, 0.2) is 0 Å². The van der Waals surface area contributed by atoms with Crippen LogP contribution in [0.3, 0.4) is 0 Å². The largest absolute Gasteiger partial charge is 0.247 e. The van der Waals surface area contributed by atoms with E-state index < -0.39 is 6.17 Å². The van der Waals surface area contributed by atoms with Crippen molar-refractivity contribution in [3.05, 3.63) is 0 Å². The van der Waals surface area contributed by atoms with E-state index in [2.05, 4.69) is 13.8 Å². The van der Waals surface area contributed by atoms with Gasteiger partial charge in [0.2, 0.25) is 0 Å². The van der Waals surface area contributed by atoms with Gasteiger partial charge in [0, 0.05) is 0 Å². The molecule has 2 bridgehead atoms. The van der Waals surface area contributed by atoms with Crippen LogP contribution in [-0.2, 0) is 0 Å². The van der Waals surface area contributed by atoms with E-state index in [1.165, 1.54) is 19.3 Å². The summed E-state index contributed by atoms with van der Waals surface area (Å²) in [7, 11) is 0. The van der Waals surface area contributed by atoms with Crippen LogP contribution in [0.2, 0.25) is 0 Å². The molecule has 0 heterocycles. The minimum absolute atomic E-state index is 0.0221. The molecule has 2 fully saturated rings. The number of fused-ring (bicyclic) bond motifs is 3. The first-order valence-corrected chi connectivity index (χ1v) is 5.68. The van der Waals surface area contributed by atoms with E-state index in [0.717, 1.165) is 25.7 Å². The Bertz CT molecular complexity index is 201. The third-order valence-corrected chi connectivity index (χ3v) is 4.59. The molecule has 0 aromatic heterocycles. The maximum Gasteiger partial charge on any atom is 0.105 e. The molecule has 13 heavy (non-hydrogen) atoms. The molecule has 2 aliphatic carbocycles. The number of rotatable bonds is 0. The average molecular weight is 184 g/mol. The van der Waals surface area contributed by atoms with Gasteiger partial charge in [-0.25, -0.2) is 4.39 Å². The van der Waals surface area contributed by atoms with Gasteiger partial charge < -0.3 is 0 Å². The molecule has 0 nitrogen and oxygen atoms in total. The maximum atomic E-state index is 13.9. The topological polar surface area (TPSA) is 0 Å². The van der Waals surface area contributed by atoms with Crippen LogP contribution in [0.1, 0.15) is 58.8 Å². The zero-order valence-corrected chi connectivity index (χ0v) is 8.91. The van der Waals surface area contributed by atoms with Crippen molar-refractivity contribution in [2.45, 2.75) is 65.0 Å². The number of halogens is 1. The summed E-state index contributed by atoms with van der Waals surface area (Å²) in [6, 6.07) is 0. The molecule has 0 N–H and O–H groups in total. The van der Waals surface area contributed by atoms with Crippen molar-refractivity contribution in [2.24, 2.45) is 10.8 Å². The van der Waals surface area contributed by atoms with Gasteiger partial charge in [0.05, 0.1) is 0 Å². The first-order chi connectivity index (χ1) is 6.04. The van der Waals surface area contributed by atoms with E-state index >= 15 is 0 Å². The summed E-state index contributed by atoms with van der Waals surface area (Å²) in [5.41, 5.74) is 0.493. The van der Waals surface area contributed by atoms with Gasteiger partial charge in [0.25, 0.3) is 0 Å². The number of hydrogen-bond donors (Lipinski definition) is 0. The quantitative estimate of drug-likeness (QED) is 0.532. The Morgan fingerprint density at radius 1 is 1.00 bits per heavy atom. The van der Waals surface area contributed by atoms with Gasteiger partial charge in [0.1, 0.15) is 6.17 Å². The van der Waals surface area contributed by atoms with Crippen LogP contribution < -0.4 is 0 Å². The van der Waals surface area contributed by atoms with Crippen LogP contribution in [0, 0.1) is 10.8 Å². The summed E-state index contributed by atoms with van der Waals surface area (Å²) in [5.74, 6) is 0. The van der Waals surface area contributed by atoms with Crippen LogP contribution in [0.4, 0.5) is 4.39 Å². The van der Waals surface area contributed by atoms with Crippen molar-refractivity contribution in [3.8, 4) is 0 Å². The van der Waals surface area contributed by atoms with Crippen LogP contribution in [0.5, 0.6) is 0 Å². The minimum Gasteiger partial charge on any atom is -0.247 e. The normalized spacial score (nSPS) is 51.5. The fraction of sp³-hybridized carbons (Fsp3) is 1.00. The van der Waals surface area contributed by atoms with Crippen LogP contribution in [0.25, 0.3) is 0 Å². The van der Waals surface area contributed by atoms with Crippen molar-refractivity contribution in [1.82, 2.24) is 0 Å². The molecule has 0 spiro atoms. The van der Waals surface area contributed by atoms with Crippen molar-refractivity contribution in [1.29, 1.82) is 0 Å². The van der Waals surface area contributed by atoms with E-state index in [9.17, 15) is 4.39 Å². The summed E-state index contributed by atoms with van der Waals surface area (Å²) in [4.78, 5) is 0. The summed E-state index contributed by atoms with van der Waals surface area (Å²) >= 11 is 0. The second-order valence-electron chi connectivity index (χ2n) is 5.82. The first-order valence-electron chi connectivity index (χ1n) is 5.68. The maximum absolute atomic E-state index is 13.9. The minimum atomic E-state index is -0.533. The molecule has 2 saturated carbocycles. The molecular formula is C12H21F. The zero-order chi connectivity index (χ0) is 9.53. The molecule has 1 heteroatoms. The molecule has 0 saturated heterocycles. The molecule has 0 aromatic carbocycles. The van der Waals surface area contributed by atoms with E-state index in [1.54, 1.807) is 0 Å². The van der Waals surface area contributed by atoms with Crippen molar-refractivity contribution in [3.63, 3.8) is 0 Å². The fourth-order valence-corrected chi connectivity index (χ4v) is 3.14. The Hall–Kier alpha value is -0.0700. The second-order valence-corrected chi connectivity index (χ2v) is 5.82. The van der Waals surface area contributed by atoms with E-state index in [1.807, 2.05) is 0 Å². The van der Waals surface area contributed by atoms with Gasteiger partial charge in [-0.2, -0.15) is 0 Å². The zero-order valence-electron chi connectivity index (χ0n) is 8.91. The highest BCUT2D eigenvalue weighted by molar-refractivity contribution is 4.94. The fourth-order valence-electron chi connectivity index (χ4n) is 3.14. The van der Waals surface area contributed by atoms with Gasteiger partial charge in [-0.15, -0.1) is 0 Å². The highest BCUT2D eigenvalue weighted by Gasteiger charge is 2.43. The molecule has 0 radical (unpaired) electrons. The van der Waals surface area contributed by atoms with Crippen LogP contribution in [-0.4, -0.2) is 6.17 Å². The first kappa shape index (κ1) is 9.48. The highest BCUT2D eigenvalue weighted by Crippen LogP contribution is 2.52. The summed E-state index contributed by atoms with van der Waals surface area (Å²) in [5, 5.41) is 0. The molecule has 0 amide bonds. The summed E-state index contributed by atoms with van der Waals surface area (Å²) in [6.07, 6.45) is 7.45. The van der Waals surface area contributed by atoms with E-state index in [-0.39, 0.29) is 5.41 Å². The predicted molar refractivity (Wildman–Crippen MR) is 53.4 cm³/mol. The Morgan fingerprint density at radius 2 is 1.77 bits per heavy atom. The SMILES string of the molecule is CC12CCCC(C)(CC1)C(F)CC2. The van der Waals surface area contributed by atoms with Gasteiger partial charge in [0.15, 0.2) is 0 Å². The number of alkyl halides is 1. The van der Waals surface area contributed by atoms with Crippen LogP contribution >= 0.6 is 0 Å². The van der Waals surface area contributed by atoms with E-state index in [0.29, 0.717) is 5.41 Å². The number of hydrogen-bond acceptors (Lipinski definition) is 0. The lowest BCUT2D eigenvalue weighted by molar-refractivity contribution is 0.0975.